The molecular weight excluding hydrogens is 142 g/mol. The van der Waals surface area contributed by atoms with Gasteiger partial charge in [-0.05, 0) is 12.8 Å². The summed E-state index contributed by atoms with van der Waals surface area (Å²) in [6, 6.07) is 0. The molecule has 0 fully saturated rings. The lowest BCUT2D eigenvalue weighted by atomic mass is 10.1. The second-order valence-electron chi connectivity index (χ2n) is 2.69. The monoisotopic (exact) mass is 155 g/mol. The second-order valence-corrected chi connectivity index (χ2v) is 2.69. The maximum absolute atomic E-state index is 10.5. The number of carbonyl (C=O) groups excluding carboxylic acids is 1. The molecule has 0 radical (unpaired) electrons. The minimum atomic E-state index is -0.420. The highest BCUT2D eigenvalue weighted by atomic mass is 16.6. The van der Waals surface area contributed by atoms with Gasteiger partial charge >= 0.3 is 6.09 Å². The number of cyclic esters (lactones) is 1. The molecule has 1 amide bonds. The Balaban J connectivity index is 2.17. The molecule has 1 aliphatic rings. The molecule has 0 N–H and O–H groups in total. The van der Waals surface area contributed by atoms with Crippen molar-refractivity contribution in [3.8, 4) is 0 Å². The number of aliphatic imine (C=N–C) groups is 1. The third kappa shape index (κ3) is 2.70. The third-order valence-corrected chi connectivity index (χ3v) is 1.68. The fourth-order valence-corrected chi connectivity index (χ4v) is 1.05. The van der Waals surface area contributed by atoms with Gasteiger partial charge in [0.2, 0.25) is 0 Å². The van der Waals surface area contributed by atoms with E-state index in [1.54, 1.807) is 0 Å². The van der Waals surface area contributed by atoms with Crippen molar-refractivity contribution in [2.24, 2.45) is 4.99 Å². The molecule has 0 atom stereocenters. The molecule has 1 heterocycles. The highest BCUT2D eigenvalue weighted by Crippen LogP contribution is 2.06. The van der Waals surface area contributed by atoms with Crippen molar-refractivity contribution in [2.45, 2.75) is 32.6 Å². The highest BCUT2D eigenvalue weighted by molar-refractivity contribution is 5.98. The normalized spacial score (nSPS) is 16.5. The first-order valence-corrected chi connectivity index (χ1v) is 4.06. The Labute approximate surface area is 66.5 Å². The summed E-state index contributed by atoms with van der Waals surface area (Å²) in [5, 5.41) is 0. The van der Waals surface area contributed by atoms with Gasteiger partial charge < -0.3 is 4.74 Å². The smallest absolute Gasteiger partial charge is 0.433 e. The fourth-order valence-electron chi connectivity index (χ4n) is 1.05. The van der Waals surface area contributed by atoms with Crippen LogP contribution in [-0.2, 0) is 4.74 Å². The van der Waals surface area contributed by atoms with E-state index >= 15 is 0 Å². The lowest BCUT2D eigenvalue weighted by molar-refractivity contribution is 0.181. The number of rotatable bonds is 4. The van der Waals surface area contributed by atoms with E-state index in [4.69, 9.17) is 0 Å². The van der Waals surface area contributed by atoms with Crippen molar-refractivity contribution in [1.29, 1.82) is 0 Å². The molecule has 1 aliphatic heterocycles. The largest absolute Gasteiger partial charge is 0.442 e. The molecule has 11 heavy (non-hydrogen) atoms. The Bertz CT molecular complexity index is 175. The minimum Gasteiger partial charge on any atom is -0.442 e. The lowest BCUT2D eigenvalue weighted by Crippen LogP contribution is -1.99. The summed E-state index contributed by atoms with van der Waals surface area (Å²) in [7, 11) is 0. The fraction of sp³-hybridized carbons (Fsp3) is 0.750. The molecule has 0 spiro atoms. The number of carbonyl (C=O) groups is 1. The van der Waals surface area contributed by atoms with Gasteiger partial charge in [0.05, 0.1) is 5.71 Å². The molecular formula is C8H13NO2. The minimum absolute atomic E-state index is 0.419. The van der Waals surface area contributed by atoms with Gasteiger partial charge in [-0.2, -0.15) is 4.99 Å². The van der Waals surface area contributed by atoms with Crippen LogP contribution < -0.4 is 0 Å². The van der Waals surface area contributed by atoms with Crippen LogP contribution in [0.15, 0.2) is 4.99 Å². The van der Waals surface area contributed by atoms with Crippen molar-refractivity contribution < 1.29 is 9.53 Å². The molecule has 0 saturated heterocycles. The number of unbranched alkanes of at least 4 members (excludes halogenated alkanes) is 2. The van der Waals surface area contributed by atoms with Gasteiger partial charge in [-0.15, -0.1) is 0 Å². The van der Waals surface area contributed by atoms with E-state index in [0.717, 1.165) is 18.6 Å². The number of hydrogen-bond donors (Lipinski definition) is 0. The second kappa shape index (κ2) is 4.11. The number of hydrogen-bond acceptors (Lipinski definition) is 2. The molecule has 0 aliphatic carbocycles. The van der Waals surface area contributed by atoms with Crippen LogP contribution in [0.25, 0.3) is 0 Å². The summed E-state index contributed by atoms with van der Waals surface area (Å²) < 4.78 is 4.65. The standard InChI is InChI=1S/C8H13NO2/c1-2-3-4-5-7-6-11-8(10)9-7/h2-6H2,1H3. The Morgan fingerprint density at radius 1 is 1.55 bits per heavy atom. The predicted octanol–water partition coefficient (Wildman–Crippen LogP) is 2.16. The summed E-state index contributed by atoms with van der Waals surface area (Å²) in [6.45, 7) is 2.57. The zero-order chi connectivity index (χ0) is 8.10. The Morgan fingerprint density at radius 2 is 2.36 bits per heavy atom. The van der Waals surface area contributed by atoms with Crippen LogP contribution in [0.3, 0.4) is 0 Å². The van der Waals surface area contributed by atoms with Crippen molar-refractivity contribution >= 4 is 11.8 Å². The zero-order valence-corrected chi connectivity index (χ0v) is 6.80. The van der Waals surface area contributed by atoms with Gasteiger partial charge in [0.25, 0.3) is 0 Å². The van der Waals surface area contributed by atoms with E-state index in [2.05, 4.69) is 16.7 Å². The van der Waals surface area contributed by atoms with Crippen molar-refractivity contribution in [2.75, 3.05) is 6.61 Å². The molecule has 0 saturated carbocycles. The van der Waals surface area contributed by atoms with Gasteiger partial charge in [0, 0.05) is 0 Å². The number of nitrogens with zero attached hydrogens (tertiary/aromatic N) is 1. The molecule has 3 nitrogen and oxygen atoms in total. The molecule has 0 aromatic heterocycles. The zero-order valence-electron chi connectivity index (χ0n) is 6.80. The van der Waals surface area contributed by atoms with E-state index in [-0.39, 0.29) is 0 Å². The quantitative estimate of drug-likeness (QED) is 0.583. The van der Waals surface area contributed by atoms with Gasteiger partial charge in [-0.1, -0.05) is 19.8 Å². The Hall–Kier alpha value is -0.860. The number of ether oxygens (including phenoxy) is 1. The molecule has 0 bridgehead atoms. The lowest BCUT2D eigenvalue weighted by Gasteiger charge is -1.95. The van der Waals surface area contributed by atoms with Crippen LogP contribution in [0, 0.1) is 0 Å². The van der Waals surface area contributed by atoms with Gasteiger partial charge in [0.1, 0.15) is 6.61 Å². The van der Waals surface area contributed by atoms with Crippen molar-refractivity contribution in [1.82, 2.24) is 0 Å². The van der Waals surface area contributed by atoms with E-state index in [0.29, 0.717) is 6.61 Å². The molecule has 0 aromatic rings. The average Bonchev–Trinajstić information content (AvgIpc) is 2.37. The SMILES string of the molecule is CCCCCC1=NC(=O)OC1. The predicted molar refractivity (Wildman–Crippen MR) is 42.9 cm³/mol. The first-order valence-electron chi connectivity index (χ1n) is 4.06. The van der Waals surface area contributed by atoms with Gasteiger partial charge in [-0.25, -0.2) is 4.79 Å². The molecule has 0 aromatic carbocycles. The van der Waals surface area contributed by atoms with Crippen LogP contribution in [0.2, 0.25) is 0 Å². The first-order chi connectivity index (χ1) is 5.33. The summed E-state index contributed by atoms with van der Waals surface area (Å²) in [5.41, 5.74) is 0.906. The third-order valence-electron chi connectivity index (χ3n) is 1.68. The maximum Gasteiger partial charge on any atom is 0.433 e. The van der Waals surface area contributed by atoms with Crippen LogP contribution in [0.1, 0.15) is 32.6 Å². The Morgan fingerprint density at radius 3 is 2.91 bits per heavy atom. The summed E-state index contributed by atoms with van der Waals surface area (Å²) in [4.78, 5) is 14.2. The number of amides is 1. The van der Waals surface area contributed by atoms with Crippen molar-refractivity contribution in [3.63, 3.8) is 0 Å². The highest BCUT2D eigenvalue weighted by Gasteiger charge is 2.13. The topological polar surface area (TPSA) is 38.7 Å². The molecule has 3 heteroatoms. The van der Waals surface area contributed by atoms with Gasteiger partial charge in [-0.3, -0.25) is 0 Å². The van der Waals surface area contributed by atoms with E-state index < -0.39 is 6.09 Å². The maximum atomic E-state index is 10.5. The van der Waals surface area contributed by atoms with Crippen LogP contribution in [0.5, 0.6) is 0 Å². The van der Waals surface area contributed by atoms with Crippen LogP contribution >= 0.6 is 0 Å². The van der Waals surface area contributed by atoms with Crippen LogP contribution in [-0.4, -0.2) is 18.4 Å². The Kier molecular flexibility index (Phi) is 3.08. The van der Waals surface area contributed by atoms with E-state index in [9.17, 15) is 4.79 Å². The van der Waals surface area contributed by atoms with Crippen LogP contribution in [0.4, 0.5) is 4.79 Å². The average molecular weight is 155 g/mol. The summed E-state index contributed by atoms with van der Waals surface area (Å²) >= 11 is 0. The molecule has 1 rings (SSSR count). The summed E-state index contributed by atoms with van der Waals surface area (Å²) in [5.74, 6) is 0. The molecule has 62 valence electrons. The molecule has 0 unspecified atom stereocenters. The summed E-state index contributed by atoms with van der Waals surface area (Å²) in [6.07, 6.45) is 4.01. The van der Waals surface area contributed by atoms with Crippen molar-refractivity contribution in [3.05, 3.63) is 0 Å². The van der Waals surface area contributed by atoms with E-state index in [1.165, 1.54) is 12.8 Å². The van der Waals surface area contributed by atoms with E-state index in [1.807, 2.05) is 0 Å². The van der Waals surface area contributed by atoms with Gasteiger partial charge in [0.15, 0.2) is 0 Å². The first kappa shape index (κ1) is 8.24.